The molecule has 0 amide bonds. The molecule has 6 heteroatoms. The van der Waals surface area contributed by atoms with Crippen LogP contribution in [0.1, 0.15) is 20.8 Å². The molecule has 0 saturated heterocycles. The first-order valence-electron chi connectivity index (χ1n) is 6.06. The van der Waals surface area contributed by atoms with E-state index in [2.05, 4.69) is 9.97 Å². The molecule has 19 heavy (non-hydrogen) atoms. The molecule has 6 nitrogen and oxygen atoms in total. The van der Waals surface area contributed by atoms with Crippen LogP contribution in [-0.2, 0) is 11.8 Å². The molecule has 0 unspecified atom stereocenters. The van der Waals surface area contributed by atoms with E-state index in [9.17, 15) is 4.79 Å². The van der Waals surface area contributed by atoms with Crippen molar-refractivity contribution in [2.45, 2.75) is 26.3 Å². The number of rotatable bonds is 3. The van der Waals surface area contributed by atoms with Crippen molar-refractivity contribution >= 4 is 22.8 Å². The maximum absolute atomic E-state index is 11.1. The Labute approximate surface area is 111 Å². The average Bonchev–Trinajstić information content (AvgIpc) is 2.67. The molecule has 0 radical (unpaired) electrons. The second kappa shape index (κ2) is 4.53. The molecule has 2 rings (SSSR count). The number of anilines is 1. The lowest BCUT2D eigenvalue weighted by Crippen LogP contribution is -2.45. The number of hydrogen-bond donors (Lipinski definition) is 1. The molecule has 0 aromatic carbocycles. The predicted molar refractivity (Wildman–Crippen MR) is 73.2 cm³/mol. The summed E-state index contributed by atoms with van der Waals surface area (Å²) >= 11 is 0. The number of aliphatic carboxylic acids is 1. The number of nitrogens with zero attached hydrogens (tertiary/aromatic N) is 4. The number of carboxylic acid groups (broad SMARTS) is 1. The zero-order chi connectivity index (χ0) is 14.2. The summed E-state index contributed by atoms with van der Waals surface area (Å²) in [5.74, 6) is -0.280. The molecular formula is C13H18N4O2. The lowest BCUT2D eigenvalue weighted by Gasteiger charge is -2.35. The minimum Gasteiger partial charge on any atom is -0.480 e. The summed E-state index contributed by atoms with van der Waals surface area (Å²) in [7, 11) is 1.90. The van der Waals surface area contributed by atoms with E-state index in [1.165, 1.54) is 0 Å². The molecule has 0 aliphatic carbocycles. The zero-order valence-corrected chi connectivity index (χ0v) is 11.6. The van der Waals surface area contributed by atoms with Crippen LogP contribution in [0.3, 0.4) is 0 Å². The fourth-order valence-corrected chi connectivity index (χ4v) is 2.01. The first kappa shape index (κ1) is 13.3. The van der Waals surface area contributed by atoms with Crippen LogP contribution in [-0.4, -0.2) is 37.7 Å². The van der Waals surface area contributed by atoms with E-state index in [4.69, 9.17) is 5.11 Å². The third-order valence-electron chi connectivity index (χ3n) is 2.98. The van der Waals surface area contributed by atoms with Crippen molar-refractivity contribution in [3.63, 3.8) is 0 Å². The van der Waals surface area contributed by atoms with Gasteiger partial charge in [-0.15, -0.1) is 0 Å². The van der Waals surface area contributed by atoms with Gasteiger partial charge in [0.2, 0.25) is 0 Å². The van der Waals surface area contributed by atoms with Crippen molar-refractivity contribution in [3.8, 4) is 0 Å². The zero-order valence-electron chi connectivity index (χ0n) is 11.6. The van der Waals surface area contributed by atoms with Crippen LogP contribution in [0.2, 0.25) is 0 Å². The van der Waals surface area contributed by atoms with Gasteiger partial charge in [0.1, 0.15) is 12.1 Å². The maximum Gasteiger partial charge on any atom is 0.323 e. The van der Waals surface area contributed by atoms with Crippen molar-refractivity contribution in [3.05, 3.63) is 18.6 Å². The van der Waals surface area contributed by atoms with Crippen molar-refractivity contribution in [1.82, 2.24) is 14.5 Å². The SMILES string of the molecule is Cn1cnc2c(N(CC(=O)O)C(C)(C)C)nccc21. The lowest BCUT2D eigenvalue weighted by atomic mass is 10.1. The van der Waals surface area contributed by atoms with Crippen molar-refractivity contribution < 1.29 is 9.90 Å². The second-order valence-corrected chi connectivity index (χ2v) is 5.51. The molecule has 0 aliphatic heterocycles. The number of imidazole rings is 1. The number of hydrogen-bond acceptors (Lipinski definition) is 4. The molecule has 102 valence electrons. The Bertz CT molecular complexity index is 613. The predicted octanol–water partition coefficient (Wildman–Crippen LogP) is 1.66. The van der Waals surface area contributed by atoms with Gasteiger partial charge in [0.25, 0.3) is 0 Å². The van der Waals surface area contributed by atoms with Gasteiger partial charge in [-0.25, -0.2) is 9.97 Å². The summed E-state index contributed by atoms with van der Waals surface area (Å²) in [6.45, 7) is 5.77. The van der Waals surface area contributed by atoms with Crippen LogP contribution in [0, 0.1) is 0 Å². The average molecular weight is 262 g/mol. The molecule has 2 aromatic rings. The third kappa shape index (κ3) is 2.52. The smallest absolute Gasteiger partial charge is 0.323 e. The highest BCUT2D eigenvalue weighted by molar-refractivity contribution is 5.88. The van der Waals surface area contributed by atoms with Gasteiger partial charge in [-0.1, -0.05) is 0 Å². The van der Waals surface area contributed by atoms with Gasteiger partial charge in [0.15, 0.2) is 5.82 Å². The quantitative estimate of drug-likeness (QED) is 0.910. The molecular weight excluding hydrogens is 244 g/mol. The topological polar surface area (TPSA) is 71.2 Å². The van der Waals surface area contributed by atoms with Gasteiger partial charge >= 0.3 is 5.97 Å². The van der Waals surface area contributed by atoms with E-state index < -0.39 is 5.97 Å². The van der Waals surface area contributed by atoms with Gasteiger partial charge in [-0.3, -0.25) is 4.79 Å². The van der Waals surface area contributed by atoms with Crippen LogP contribution in [0.25, 0.3) is 11.0 Å². The Kier molecular flexibility index (Phi) is 3.18. The Morgan fingerprint density at radius 2 is 2.11 bits per heavy atom. The molecule has 0 aliphatic rings. The Balaban J connectivity index is 2.59. The maximum atomic E-state index is 11.1. The monoisotopic (exact) mass is 262 g/mol. The largest absolute Gasteiger partial charge is 0.480 e. The fourth-order valence-electron chi connectivity index (χ4n) is 2.01. The van der Waals surface area contributed by atoms with E-state index >= 15 is 0 Å². The first-order valence-corrected chi connectivity index (χ1v) is 6.06. The van der Waals surface area contributed by atoms with Gasteiger partial charge in [-0.05, 0) is 26.8 Å². The summed E-state index contributed by atoms with van der Waals surface area (Å²) < 4.78 is 1.89. The number of pyridine rings is 1. The van der Waals surface area contributed by atoms with E-state index in [-0.39, 0.29) is 12.1 Å². The van der Waals surface area contributed by atoms with E-state index in [0.717, 1.165) is 11.0 Å². The highest BCUT2D eigenvalue weighted by Gasteiger charge is 2.27. The highest BCUT2D eigenvalue weighted by Crippen LogP contribution is 2.27. The van der Waals surface area contributed by atoms with Crippen LogP contribution >= 0.6 is 0 Å². The number of aryl methyl sites for hydroxylation is 1. The van der Waals surface area contributed by atoms with E-state index in [0.29, 0.717) is 5.82 Å². The Morgan fingerprint density at radius 3 is 2.68 bits per heavy atom. The normalized spacial score (nSPS) is 11.8. The summed E-state index contributed by atoms with van der Waals surface area (Å²) in [5.41, 5.74) is 1.31. The van der Waals surface area contributed by atoms with Crippen LogP contribution in [0.5, 0.6) is 0 Å². The molecule has 1 N–H and O–H groups in total. The van der Waals surface area contributed by atoms with Crippen LogP contribution in [0.15, 0.2) is 18.6 Å². The van der Waals surface area contributed by atoms with Crippen molar-refractivity contribution in [2.75, 3.05) is 11.4 Å². The molecule has 0 spiro atoms. The minimum atomic E-state index is -0.885. The summed E-state index contributed by atoms with van der Waals surface area (Å²) in [4.78, 5) is 21.5. The van der Waals surface area contributed by atoms with Gasteiger partial charge < -0.3 is 14.6 Å². The fraction of sp³-hybridized carbons (Fsp3) is 0.462. The Hall–Kier alpha value is -2.11. The van der Waals surface area contributed by atoms with Crippen LogP contribution < -0.4 is 4.90 Å². The minimum absolute atomic E-state index is 0.105. The van der Waals surface area contributed by atoms with Gasteiger partial charge in [-0.2, -0.15) is 0 Å². The molecule has 0 bridgehead atoms. The second-order valence-electron chi connectivity index (χ2n) is 5.51. The highest BCUT2D eigenvalue weighted by atomic mass is 16.4. The summed E-state index contributed by atoms with van der Waals surface area (Å²) in [6, 6.07) is 1.87. The molecule has 2 aromatic heterocycles. The lowest BCUT2D eigenvalue weighted by molar-refractivity contribution is -0.135. The number of fused-ring (bicyclic) bond motifs is 1. The summed E-state index contributed by atoms with van der Waals surface area (Å²) in [6.07, 6.45) is 3.39. The number of aromatic nitrogens is 3. The van der Waals surface area contributed by atoms with E-state index in [1.807, 2.05) is 38.5 Å². The first-order chi connectivity index (χ1) is 8.80. The Morgan fingerprint density at radius 1 is 1.42 bits per heavy atom. The number of carbonyl (C=O) groups is 1. The third-order valence-corrected chi connectivity index (χ3v) is 2.98. The van der Waals surface area contributed by atoms with E-state index in [1.54, 1.807) is 17.4 Å². The van der Waals surface area contributed by atoms with Gasteiger partial charge in [0.05, 0.1) is 11.8 Å². The van der Waals surface area contributed by atoms with Crippen LogP contribution in [0.4, 0.5) is 5.82 Å². The van der Waals surface area contributed by atoms with Crippen molar-refractivity contribution in [1.29, 1.82) is 0 Å². The molecule has 0 atom stereocenters. The molecule has 0 fully saturated rings. The number of carboxylic acids is 1. The van der Waals surface area contributed by atoms with Crippen molar-refractivity contribution in [2.24, 2.45) is 7.05 Å². The van der Waals surface area contributed by atoms with Gasteiger partial charge in [0, 0.05) is 18.8 Å². The molecule has 0 saturated carbocycles. The summed E-state index contributed by atoms with van der Waals surface area (Å²) in [5, 5.41) is 9.09. The molecule has 2 heterocycles. The standard InChI is InChI=1S/C13H18N4O2/c1-13(2,3)17(7-10(18)19)12-11-9(5-6-14-12)16(4)8-15-11/h5-6,8H,7H2,1-4H3,(H,18,19).